The molecule has 1 rings (SSSR count). The van der Waals surface area contributed by atoms with Gasteiger partial charge in [0.25, 0.3) is 5.91 Å². The molecule has 0 atom stereocenters. The summed E-state index contributed by atoms with van der Waals surface area (Å²) in [6.07, 6.45) is 6.64. The minimum absolute atomic E-state index is 0.00338. The lowest BCUT2D eigenvalue weighted by Crippen LogP contribution is -2.46. The SMILES string of the molecule is C#CC(CC)(CC)NC(=O)c1cc(S(=O)(=O)N(C)C)ccc1Cl. The Morgan fingerprint density at radius 2 is 1.91 bits per heavy atom. The molecule has 0 saturated heterocycles. The van der Waals surface area contributed by atoms with E-state index in [1.165, 1.54) is 32.3 Å². The molecule has 0 aromatic heterocycles. The molecule has 0 radical (unpaired) electrons. The van der Waals surface area contributed by atoms with Gasteiger partial charge in [-0.25, -0.2) is 12.7 Å². The minimum Gasteiger partial charge on any atom is -0.336 e. The van der Waals surface area contributed by atoms with Gasteiger partial charge in [0.2, 0.25) is 10.0 Å². The fourth-order valence-electron chi connectivity index (χ4n) is 2.00. The fourth-order valence-corrected chi connectivity index (χ4v) is 3.13. The molecule has 0 spiro atoms. The van der Waals surface area contributed by atoms with Crippen LogP contribution in [-0.2, 0) is 10.0 Å². The van der Waals surface area contributed by atoms with Crippen LogP contribution in [0.3, 0.4) is 0 Å². The Balaban J connectivity index is 3.29. The van der Waals surface area contributed by atoms with E-state index in [0.717, 1.165) is 4.31 Å². The van der Waals surface area contributed by atoms with Crippen molar-refractivity contribution in [3.63, 3.8) is 0 Å². The largest absolute Gasteiger partial charge is 0.336 e. The molecule has 126 valence electrons. The Hall–Kier alpha value is -1.55. The molecule has 0 saturated carbocycles. The highest BCUT2D eigenvalue weighted by Crippen LogP contribution is 2.23. The number of nitrogens with one attached hydrogen (secondary N) is 1. The smallest absolute Gasteiger partial charge is 0.254 e. The third kappa shape index (κ3) is 4.05. The first-order valence-electron chi connectivity index (χ1n) is 7.16. The van der Waals surface area contributed by atoms with Gasteiger partial charge >= 0.3 is 0 Å². The summed E-state index contributed by atoms with van der Waals surface area (Å²) in [5, 5.41) is 2.94. The van der Waals surface area contributed by atoms with Gasteiger partial charge in [-0.3, -0.25) is 4.79 Å². The van der Waals surface area contributed by atoms with Gasteiger partial charge < -0.3 is 5.32 Å². The Morgan fingerprint density at radius 3 is 2.35 bits per heavy atom. The maximum absolute atomic E-state index is 12.5. The molecular weight excluding hydrogens is 336 g/mol. The van der Waals surface area contributed by atoms with Gasteiger partial charge in [-0.1, -0.05) is 31.4 Å². The van der Waals surface area contributed by atoms with Crippen LogP contribution in [0.25, 0.3) is 0 Å². The van der Waals surface area contributed by atoms with Crippen LogP contribution >= 0.6 is 11.6 Å². The van der Waals surface area contributed by atoms with Crippen LogP contribution in [0, 0.1) is 12.3 Å². The minimum atomic E-state index is -3.66. The van der Waals surface area contributed by atoms with Crippen molar-refractivity contribution in [3.8, 4) is 12.3 Å². The van der Waals surface area contributed by atoms with Crippen LogP contribution in [0.4, 0.5) is 0 Å². The van der Waals surface area contributed by atoms with Gasteiger partial charge in [0.05, 0.1) is 15.5 Å². The zero-order valence-electron chi connectivity index (χ0n) is 13.7. The first-order chi connectivity index (χ1) is 10.6. The van der Waals surface area contributed by atoms with Crippen molar-refractivity contribution in [1.29, 1.82) is 0 Å². The number of hydrogen-bond acceptors (Lipinski definition) is 3. The number of nitrogens with zero attached hydrogens (tertiary/aromatic N) is 1. The molecule has 0 aliphatic rings. The quantitative estimate of drug-likeness (QED) is 0.796. The van der Waals surface area contributed by atoms with E-state index in [1.807, 2.05) is 13.8 Å². The second kappa shape index (κ2) is 7.35. The molecule has 1 aromatic rings. The van der Waals surface area contributed by atoms with Crippen LogP contribution in [-0.4, -0.2) is 38.3 Å². The third-order valence-electron chi connectivity index (χ3n) is 3.80. The van der Waals surface area contributed by atoms with Gasteiger partial charge in [0, 0.05) is 14.1 Å². The van der Waals surface area contributed by atoms with Crippen LogP contribution in [0.15, 0.2) is 23.1 Å². The van der Waals surface area contributed by atoms with Gasteiger partial charge in [0.1, 0.15) is 5.54 Å². The zero-order chi connectivity index (χ0) is 17.8. The predicted octanol–water partition coefficient (Wildman–Crippen LogP) is 2.51. The number of carbonyl (C=O) groups excluding carboxylic acids is 1. The highest BCUT2D eigenvalue weighted by molar-refractivity contribution is 7.89. The van der Waals surface area contributed by atoms with Crippen molar-refractivity contribution in [3.05, 3.63) is 28.8 Å². The van der Waals surface area contributed by atoms with Crippen molar-refractivity contribution in [2.24, 2.45) is 0 Å². The number of halogens is 1. The predicted molar refractivity (Wildman–Crippen MR) is 91.9 cm³/mol. The number of carbonyl (C=O) groups is 1. The Kier molecular flexibility index (Phi) is 6.23. The molecule has 1 N–H and O–H groups in total. The third-order valence-corrected chi connectivity index (χ3v) is 5.94. The van der Waals surface area contributed by atoms with E-state index in [0.29, 0.717) is 12.8 Å². The van der Waals surface area contributed by atoms with Gasteiger partial charge in [-0.15, -0.1) is 6.42 Å². The lowest BCUT2D eigenvalue weighted by Gasteiger charge is -2.27. The molecule has 0 aliphatic carbocycles. The van der Waals surface area contributed by atoms with Crippen LogP contribution in [0.5, 0.6) is 0 Å². The van der Waals surface area contributed by atoms with Gasteiger partial charge in [-0.2, -0.15) is 0 Å². The van der Waals surface area contributed by atoms with Crippen LogP contribution in [0.2, 0.25) is 5.02 Å². The Labute approximate surface area is 143 Å². The molecule has 0 unspecified atom stereocenters. The van der Waals surface area contributed by atoms with E-state index in [4.69, 9.17) is 18.0 Å². The van der Waals surface area contributed by atoms with Crippen molar-refractivity contribution in [1.82, 2.24) is 9.62 Å². The summed E-state index contributed by atoms with van der Waals surface area (Å²) >= 11 is 6.06. The number of benzene rings is 1. The van der Waals surface area contributed by atoms with Gasteiger partial charge in [-0.05, 0) is 31.0 Å². The Bertz CT molecular complexity index is 732. The van der Waals surface area contributed by atoms with Crippen molar-refractivity contribution < 1.29 is 13.2 Å². The highest BCUT2D eigenvalue weighted by Gasteiger charge is 2.28. The number of amides is 1. The molecule has 7 heteroatoms. The monoisotopic (exact) mass is 356 g/mol. The summed E-state index contributed by atoms with van der Waals surface area (Å²) in [7, 11) is -0.820. The van der Waals surface area contributed by atoms with E-state index in [-0.39, 0.29) is 15.5 Å². The molecule has 23 heavy (non-hydrogen) atoms. The summed E-state index contributed by atoms with van der Waals surface area (Å²) in [5.41, 5.74) is -0.701. The first kappa shape index (κ1) is 19.5. The number of rotatable bonds is 6. The normalized spacial score (nSPS) is 12.0. The molecule has 1 amide bonds. The molecule has 1 aromatic carbocycles. The lowest BCUT2D eigenvalue weighted by molar-refractivity contribution is 0.0916. The zero-order valence-corrected chi connectivity index (χ0v) is 15.3. The fraction of sp³-hybridized carbons (Fsp3) is 0.438. The molecule has 0 aliphatic heterocycles. The number of terminal acetylenes is 1. The average molecular weight is 357 g/mol. The van der Waals surface area contributed by atoms with Crippen molar-refractivity contribution in [2.45, 2.75) is 37.1 Å². The van der Waals surface area contributed by atoms with E-state index in [2.05, 4.69) is 11.2 Å². The summed E-state index contributed by atoms with van der Waals surface area (Å²) in [6.45, 7) is 3.75. The molecule has 0 fully saturated rings. The number of hydrogen-bond donors (Lipinski definition) is 1. The summed E-state index contributed by atoms with van der Waals surface area (Å²) in [5.74, 6) is 2.10. The van der Waals surface area contributed by atoms with Crippen LogP contribution in [0.1, 0.15) is 37.0 Å². The van der Waals surface area contributed by atoms with Crippen LogP contribution < -0.4 is 5.32 Å². The molecule has 5 nitrogen and oxygen atoms in total. The summed E-state index contributed by atoms with van der Waals surface area (Å²) in [6, 6.07) is 4.02. The van der Waals surface area contributed by atoms with E-state index in [9.17, 15) is 13.2 Å². The van der Waals surface area contributed by atoms with Gasteiger partial charge in [0.15, 0.2) is 0 Å². The maximum atomic E-state index is 12.5. The van der Waals surface area contributed by atoms with Crippen molar-refractivity contribution >= 4 is 27.5 Å². The molecule has 0 bridgehead atoms. The number of sulfonamides is 1. The average Bonchev–Trinajstić information content (AvgIpc) is 2.52. The van der Waals surface area contributed by atoms with Crippen molar-refractivity contribution in [2.75, 3.05) is 14.1 Å². The van der Waals surface area contributed by atoms with E-state index < -0.39 is 21.5 Å². The second-order valence-corrected chi connectivity index (χ2v) is 7.88. The topological polar surface area (TPSA) is 66.5 Å². The summed E-state index contributed by atoms with van der Waals surface area (Å²) in [4.78, 5) is 12.5. The maximum Gasteiger partial charge on any atom is 0.254 e. The highest BCUT2D eigenvalue weighted by atomic mass is 35.5. The molecule has 0 heterocycles. The Morgan fingerprint density at radius 1 is 1.35 bits per heavy atom. The lowest BCUT2D eigenvalue weighted by atomic mass is 9.93. The standard InChI is InChI=1S/C16H21ClN2O3S/c1-6-16(7-2,8-3)18-15(20)13-11-12(9-10-14(13)17)23(21,22)19(4)5/h1,9-11H,7-8H2,2-5H3,(H,18,20). The second-order valence-electron chi connectivity index (χ2n) is 5.32. The van der Waals surface area contributed by atoms with E-state index >= 15 is 0 Å². The molecular formula is C16H21ClN2O3S. The van der Waals surface area contributed by atoms with E-state index in [1.54, 1.807) is 0 Å². The first-order valence-corrected chi connectivity index (χ1v) is 8.97. The summed E-state index contributed by atoms with van der Waals surface area (Å²) < 4.78 is 25.5.